The molecule has 1 aliphatic carbocycles. The molecule has 100 valence electrons. The van der Waals surface area contributed by atoms with Crippen molar-refractivity contribution in [2.75, 3.05) is 25.1 Å². The number of hydrogen-bond acceptors (Lipinski definition) is 3. The smallest absolute Gasteiger partial charge is 0.0606 e. The number of nitrogens with zero attached hydrogens (tertiary/aromatic N) is 1. The van der Waals surface area contributed by atoms with Crippen molar-refractivity contribution in [1.29, 1.82) is 0 Å². The summed E-state index contributed by atoms with van der Waals surface area (Å²) in [7, 11) is 1.97. The van der Waals surface area contributed by atoms with Gasteiger partial charge in [0.15, 0.2) is 0 Å². The number of aliphatic hydroxyl groups is 1. The van der Waals surface area contributed by atoms with Gasteiger partial charge in [-0.05, 0) is 44.5 Å². The van der Waals surface area contributed by atoms with Crippen LogP contribution in [0.5, 0.6) is 0 Å². The molecule has 4 heteroatoms. The average molecular weight is 313 g/mol. The van der Waals surface area contributed by atoms with Crippen molar-refractivity contribution in [2.45, 2.75) is 31.8 Å². The maximum Gasteiger partial charge on any atom is 0.0606 e. The van der Waals surface area contributed by atoms with Crippen LogP contribution in [0.3, 0.4) is 0 Å². The fraction of sp³-hybridized carbons (Fsp3) is 0.571. The molecule has 1 aromatic rings. The molecule has 0 spiro atoms. The van der Waals surface area contributed by atoms with E-state index in [-0.39, 0.29) is 6.61 Å². The largest absolute Gasteiger partial charge is 0.395 e. The van der Waals surface area contributed by atoms with E-state index in [2.05, 4.69) is 51.3 Å². The Hall–Kier alpha value is -0.580. The van der Waals surface area contributed by atoms with Gasteiger partial charge in [-0.1, -0.05) is 22.0 Å². The van der Waals surface area contributed by atoms with Crippen LogP contribution in [0.25, 0.3) is 0 Å². The van der Waals surface area contributed by atoms with Crippen LogP contribution in [-0.2, 0) is 0 Å². The summed E-state index contributed by atoms with van der Waals surface area (Å²) in [6.45, 7) is 3.08. The minimum Gasteiger partial charge on any atom is -0.395 e. The predicted octanol–water partition coefficient (Wildman–Crippen LogP) is 2.69. The summed E-state index contributed by atoms with van der Waals surface area (Å²) in [4.78, 5) is 2.30. The van der Waals surface area contributed by atoms with Gasteiger partial charge >= 0.3 is 0 Å². The third kappa shape index (κ3) is 3.05. The summed E-state index contributed by atoms with van der Waals surface area (Å²) in [5, 5.41) is 12.4. The van der Waals surface area contributed by atoms with Gasteiger partial charge in [0.05, 0.1) is 6.61 Å². The number of aliphatic hydroxyl groups excluding tert-OH is 1. The lowest BCUT2D eigenvalue weighted by molar-refractivity contribution is 0.301. The van der Waals surface area contributed by atoms with E-state index < -0.39 is 0 Å². The van der Waals surface area contributed by atoms with Crippen molar-refractivity contribution in [3.63, 3.8) is 0 Å². The Balaban J connectivity index is 2.21. The maximum atomic E-state index is 9.16. The van der Waals surface area contributed by atoms with E-state index >= 15 is 0 Å². The molecule has 0 aromatic heterocycles. The molecule has 3 nitrogen and oxygen atoms in total. The van der Waals surface area contributed by atoms with E-state index in [1.165, 1.54) is 24.1 Å². The van der Waals surface area contributed by atoms with E-state index in [0.717, 1.165) is 11.0 Å². The minimum absolute atomic E-state index is 0.211. The van der Waals surface area contributed by atoms with Crippen molar-refractivity contribution < 1.29 is 5.11 Å². The second-order valence-corrected chi connectivity index (χ2v) is 5.72. The highest BCUT2D eigenvalue weighted by molar-refractivity contribution is 9.10. The van der Waals surface area contributed by atoms with Crippen molar-refractivity contribution in [3.8, 4) is 0 Å². The lowest BCUT2D eigenvalue weighted by Gasteiger charge is -2.25. The molecule has 0 heterocycles. The van der Waals surface area contributed by atoms with E-state index in [9.17, 15) is 0 Å². The number of hydrogen-bond donors (Lipinski definition) is 2. The van der Waals surface area contributed by atoms with Gasteiger partial charge in [-0.15, -0.1) is 0 Å². The summed E-state index contributed by atoms with van der Waals surface area (Å²) < 4.78 is 1.13. The Bertz CT molecular complexity index is 407. The first-order valence-electron chi connectivity index (χ1n) is 6.51. The first kappa shape index (κ1) is 13.8. The fourth-order valence-corrected chi connectivity index (χ4v) is 2.93. The topological polar surface area (TPSA) is 35.5 Å². The van der Waals surface area contributed by atoms with Crippen LogP contribution in [0.4, 0.5) is 5.69 Å². The lowest BCUT2D eigenvalue weighted by Crippen LogP contribution is -2.28. The highest BCUT2D eigenvalue weighted by Crippen LogP contribution is 2.34. The molecule has 1 unspecified atom stereocenters. The third-order valence-corrected chi connectivity index (χ3v) is 4.23. The van der Waals surface area contributed by atoms with Crippen LogP contribution >= 0.6 is 15.9 Å². The van der Waals surface area contributed by atoms with Crippen LogP contribution in [0.15, 0.2) is 22.7 Å². The van der Waals surface area contributed by atoms with Gasteiger partial charge in [0.1, 0.15) is 0 Å². The summed E-state index contributed by atoms with van der Waals surface area (Å²) in [5.41, 5.74) is 2.46. The zero-order chi connectivity index (χ0) is 13.1. The van der Waals surface area contributed by atoms with E-state index in [1.54, 1.807) is 0 Å². The quantitative estimate of drug-likeness (QED) is 0.848. The number of nitrogens with one attached hydrogen (secondary N) is 1. The zero-order valence-corrected chi connectivity index (χ0v) is 12.6. The second kappa shape index (κ2) is 6.04. The molecule has 1 aromatic carbocycles. The van der Waals surface area contributed by atoms with Crippen molar-refractivity contribution >= 4 is 21.6 Å². The molecule has 18 heavy (non-hydrogen) atoms. The summed E-state index contributed by atoms with van der Waals surface area (Å²) in [6, 6.07) is 7.43. The van der Waals surface area contributed by atoms with Gasteiger partial charge in [-0.25, -0.2) is 0 Å². The average Bonchev–Trinajstić information content (AvgIpc) is 3.19. The fourth-order valence-electron chi connectivity index (χ4n) is 2.22. The number of halogens is 1. The van der Waals surface area contributed by atoms with Crippen LogP contribution in [0.1, 0.15) is 31.4 Å². The molecule has 2 rings (SSSR count). The normalized spacial score (nSPS) is 16.7. The highest BCUT2D eigenvalue weighted by atomic mass is 79.9. The molecule has 1 atom stereocenters. The van der Waals surface area contributed by atoms with Crippen molar-refractivity contribution in [1.82, 2.24) is 5.32 Å². The summed E-state index contributed by atoms with van der Waals surface area (Å²) in [6.07, 6.45) is 2.48. The third-order valence-electron chi connectivity index (χ3n) is 3.54. The van der Waals surface area contributed by atoms with Gasteiger partial charge < -0.3 is 15.3 Å². The van der Waals surface area contributed by atoms with Crippen LogP contribution < -0.4 is 10.2 Å². The Kier molecular flexibility index (Phi) is 4.65. The monoisotopic (exact) mass is 312 g/mol. The molecular formula is C14H21BrN2O. The Morgan fingerprint density at radius 3 is 2.72 bits per heavy atom. The Morgan fingerprint density at radius 2 is 2.22 bits per heavy atom. The molecule has 1 fully saturated rings. The maximum absolute atomic E-state index is 9.16. The molecule has 0 radical (unpaired) electrons. The molecule has 0 bridgehead atoms. The Labute approximate surface area is 117 Å². The van der Waals surface area contributed by atoms with Gasteiger partial charge in [-0.3, -0.25) is 0 Å². The molecular weight excluding hydrogens is 292 g/mol. The van der Waals surface area contributed by atoms with Crippen molar-refractivity contribution in [3.05, 3.63) is 28.2 Å². The predicted molar refractivity (Wildman–Crippen MR) is 79.1 cm³/mol. The molecule has 2 N–H and O–H groups in total. The van der Waals surface area contributed by atoms with Gasteiger partial charge in [0, 0.05) is 28.8 Å². The minimum atomic E-state index is 0.211. The molecule has 0 saturated heterocycles. The van der Waals surface area contributed by atoms with Gasteiger partial charge in [0.25, 0.3) is 0 Å². The Morgan fingerprint density at radius 1 is 1.50 bits per heavy atom. The first-order valence-corrected chi connectivity index (χ1v) is 7.31. The number of benzene rings is 1. The van der Waals surface area contributed by atoms with Crippen LogP contribution in [0.2, 0.25) is 0 Å². The number of anilines is 1. The van der Waals surface area contributed by atoms with Crippen LogP contribution in [0, 0.1) is 0 Å². The highest BCUT2D eigenvalue weighted by Gasteiger charge is 2.29. The summed E-state index contributed by atoms with van der Waals surface area (Å²) >= 11 is 3.65. The standard InChI is InChI=1S/C14H21BrN2O/c1-10(16-2)13-6-5-12(9-14(13)15)17(7-8-18)11-3-4-11/h5-6,9-11,16,18H,3-4,7-8H2,1-2H3. The molecule has 0 amide bonds. The molecule has 0 aliphatic heterocycles. The van der Waals surface area contributed by atoms with E-state index in [0.29, 0.717) is 12.1 Å². The summed E-state index contributed by atoms with van der Waals surface area (Å²) in [5.74, 6) is 0. The molecule has 1 aliphatic rings. The first-order chi connectivity index (χ1) is 8.67. The second-order valence-electron chi connectivity index (χ2n) is 4.86. The zero-order valence-electron chi connectivity index (χ0n) is 11.0. The van der Waals surface area contributed by atoms with Crippen molar-refractivity contribution in [2.24, 2.45) is 0 Å². The number of rotatable bonds is 6. The van der Waals surface area contributed by atoms with E-state index in [4.69, 9.17) is 5.11 Å². The molecule has 1 saturated carbocycles. The lowest BCUT2D eigenvalue weighted by atomic mass is 10.1. The van der Waals surface area contributed by atoms with Gasteiger partial charge in [0.2, 0.25) is 0 Å². The van der Waals surface area contributed by atoms with Crippen LogP contribution in [-0.4, -0.2) is 31.3 Å². The van der Waals surface area contributed by atoms with E-state index in [1.807, 2.05) is 7.05 Å². The SMILES string of the molecule is CNC(C)c1ccc(N(CCO)C2CC2)cc1Br. The van der Waals surface area contributed by atoms with Gasteiger partial charge in [-0.2, -0.15) is 0 Å².